The predicted molar refractivity (Wildman–Crippen MR) is 116 cm³/mol. The lowest BCUT2D eigenvalue weighted by atomic mass is 9.82. The molecule has 0 aliphatic carbocycles. The van der Waals surface area contributed by atoms with Gasteiger partial charge in [-0.15, -0.1) is 0 Å². The minimum atomic E-state index is -0.462. The third-order valence-corrected chi connectivity index (χ3v) is 6.50. The number of ether oxygens (including phenoxy) is 1. The van der Waals surface area contributed by atoms with Crippen molar-refractivity contribution in [2.45, 2.75) is 64.5 Å². The van der Waals surface area contributed by atoms with Gasteiger partial charge in [0, 0.05) is 35.1 Å². The van der Waals surface area contributed by atoms with Crippen molar-refractivity contribution in [3.63, 3.8) is 0 Å². The lowest BCUT2D eigenvalue weighted by Gasteiger charge is -2.49. The molecule has 0 atom stereocenters. The van der Waals surface area contributed by atoms with Crippen molar-refractivity contribution >= 4 is 23.5 Å². The van der Waals surface area contributed by atoms with Crippen LogP contribution in [0.15, 0.2) is 24.3 Å². The summed E-state index contributed by atoms with van der Waals surface area (Å²) in [6.07, 6.45) is 3.41. The van der Waals surface area contributed by atoms with Crippen molar-refractivity contribution in [1.82, 2.24) is 9.80 Å². The highest BCUT2D eigenvalue weighted by Crippen LogP contribution is 2.33. The van der Waals surface area contributed by atoms with E-state index in [9.17, 15) is 9.59 Å². The van der Waals surface area contributed by atoms with Crippen LogP contribution in [-0.2, 0) is 4.74 Å². The molecule has 1 amide bonds. The molecule has 0 saturated carbocycles. The summed E-state index contributed by atoms with van der Waals surface area (Å²) in [5.74, 6) is 0.309. The van der Waals surface area contributed by atoms with Crippen molar-refractivity contribution in [1.29, 1.82) is 0 Å². The molecule has 5 nitrogen and oxygen atoms in total. The summed E-state index contributed by atoms with van der Waals surface area (Å²) < 4.78 is 5.51. The van der Waals surface area contributed by atoms with Crippen LogP contribution >= 0.6 is 11.6 Å². The van der Waals surface area contributed by atoms with Gasteiger partial charge in [-0.1, -0.05) is 11.6 Å². The van der Waals surface area contributed by atoms with Gasteiger partial charge in [0.15, 0.2) is 5.78 Å². The Morgan fingerprint density at radius 3 is 2.10 bits per heavy atom. The largest absolute Gasteiger partial charge is 0.444 e. The second-order valence-electron chi connectivity index (χ2n) is 9.60. The van der Waals surface area contributed by atoms with Crippen molar-refractivity contribution < 1.29 is 14.3 Å². The SMILES string of the molecule is CC(C)(C)OC(=O)N1CCC(C)(N2CCC(C(=O)c3ccc(Cl)cc3)CC2)CC1. The van der Waals surface area contributed by atoms with Gasteiger partial charge >= 0.3 is 6.09 Å². The molecule has 2 heterocycles. The molecule has 2 saturated heterocycles. The quantitative estimate of drug-likeness (QED) is 0.644. The van der Waals surface area contributed by atoms with Gasteiger partial charge in [0.25, 0.3) is 0 Å². The molecule has 0 radical (unpaired) electrons. The number of carbonyl (C=O) groups excluding carboxylic acids is 2. The van der Waals surface area contributed by atoms with E-state index in [1.807, 2.05) is 37.8 Å². The molecule has 2 aliphatic heterocycles. The Bertz CT molecular complexity index is 725. The molecule has 0 bridgehead atoms. The number of ketones is 1. The predicted octanol–water partition coefficient (Wildman–Crippen LogP) is 5.02. The third-order valence-electron chi connectivity index (χ3n) is 6.25. The normalized spacial score (nSPS) is 21.1. The number of rotatable bonds is 3. The molecule has 6 heteroatoms. The molecule has 29 heavy (non-hydrogen) atoms. The summed E-state index contributed by atoms with van der Waals surface area (Å²) in [5, 5.41) is 0.655. The van der Waals surface area contributed by atoms with Crippen LogP contribution < -0.4 is 0 Å². The maximum absolute atomic E-state index is 12.8. The number of nitrogens with zero attached hydrogens (tertiary/aromatic N) is 2. The minimum absolute atomic E-state index is 0.0762. The summed E-state index contributed by atoms with van der Waals surface area (Å²) in [7, 11) is 0. The van der Waals surface area contributed by atoms with Gasteiger partial charge in [-0.05, 0) is 90.7 Å². The number of hydrogen-bond donors (Lipinski definition) is 0. The van der Waals surface area contributed by atoms with Gasteiger partial charge in [0.2, 0.25) is 0 Å². The van der Waals surface area contributed by atoms with E-state index in [1.165, 1.54) is 0 Å². The van der Waals surface area contributed by atoms with Gasteiger partial charge in [-0.25, -0.2) is 4.79 Å². The monoisotopic (exact) mass is 420 g/mol. The smallest absolute Gasteiger partial charge is 0.410 e. The fourth-order valence-electron chi connectivity index (χ4n) is 4.35. The highest BCUT2D eigenvalue weighted by molar-refractivity contribution is 6.30. The van der Waals surface area contributed by atoms with Crippen LogP contribution in [0.3, 0.4) is 0 Å². The van der Waals surface area contributed by atoms with Crippen LogP contribution in [-0.4, -0.2) is 59.0 Å². The molecular formula is C23H33ClN2O3. The van der Waals surface area contributed by atoms with Crippen LogP contribution in [0, 0.1) is 5.92 Å². The van der Waals surface area contributed by atoms with Crippen molar-refractivity contribution in [3.05, 3.63) is 34.9 Å². The lowest BCUT2D eigenvalue weighted by Crippen LogP contribution is -2.57. The van der Waals surface area contributed by atoms with Crippen LogP contribution in [0.5, 0.6) is 0 Å². The van der Waals surface area contributed by atoms with Crippen molar-refractivity contribution in [2.24, 2.45) is 5.92 Å². The molecule has 1 aromatic rings. The zero-order valence-electron chi connectivity index (χ0n) is 18.0. The molecule has 0 N–H and O–H groups in total. The van der Waals surface area contributed by atoms with E-state index in [0.29, 0.717) is 5.02 Å². The average Bonchev–Trinajstić information content (AvgIpc) is 2.67. The zero-order chi connectivity index (χ0) is 21.2. The van der Waals surface area contributed by atoms with Gasteiger partial charge in [-0.3, -0.25) is 9.69 Å². The Morgan fingerprint density at radius 2 is 1.59 bits per heavy atom. The first-order valence-electron chi connectivity index (χ1n) is 10.6. The number of Topliss-reactive ketones (excluding diaryl/α,β-unsaturated/α-hetero) is 1. The molecule has 0 unspecified atom stereocenters. The van der Waals surface area contributed by atoms with Gasteiger partial charge in [0.1, 0.15) is 5.60 Å². The molecule has 2 fully saturated rings. The number of carbonyl (C=O) groups is 2. The fraction of sp³-hybridized carbons (Fsp3) is 0.652. The molecule has 2 aliphatic rings. The van der Waals surface area contributed by atoms with E-state index in [2.05, 4.69) is 11.8 Å². The van der Waals surface area contributed by atoms with E-state index >= 15 is 0 Å². The van der Waals surface area contributed by atoms with Crippen LogP contribution in [0.2, 0.25) is 5.02 Å². The topological polar surface area (TPSA) is 49.9 Å². The van der Waals surface area contributed by atoms with E-state index in [4.69, 9.17) is 16.3 Å². The highest BCUT2D eigenvalue weighted by atomic mass is 35.5. The zero-order valence-corrected chi connectivity index (χ0v) is 18.8. The number of halogens is 1. The Morgan fingerprint density at radius 1 is 1.03 bits per heavy atom. The van der Waals surface area contributed by atoms with E-state index in [1.54, 1.807) is 12.1 Å². The van der Waals surface area contributed by atoms with Gasteiger partial charge in [0.05, 0.1) is 0 Å². The molecule has 3 rings (SSSR count). The summed E-state index contributed by atoms with van der Waals surface area (Å²) >= 11 is 5.93. The van der Waals surface area contributed by atoms with Gasteiger partial charge < -0.3 is 9.64 Å². The highest BCUT2D eigenvalue weighted by Gasteiger charge is 2.40. The van der Waals surface area contributed by atoms with E-state index in [-0.39, 0.29) is 23.3 Å². The Labute approximate surface area is 179 Å². The maximum atomic E-state index is 12.8. The molecule has 0 aromatic heterocycles. The lowest BCUT2D eigenvalue weighted by molar-refractivity contribution is -0.00998. The number of hydrogen-bond acceptors (Lipinski definition) is 4. The first-order chi connectivity index (χ1) is 13.6. The summed E-state index contributed by atoms with van der Waals surface area (Å²) in [6, 6.07) is 7.21. The minimum Gasteiger partial charge on any atom is -0.444 e. The summed E-state index contributed by atoms with van der Waals surface area (Å²) in [4.78, 5) is 29.4. The first kappa shape index (κ1) is 22.1. The number of likely N-dealkylation sites (tertiary alicyclic amines) is 2. The van der Waals surface area contributed by atoms with Crippen molar-refractivity contribution in [2.75, 3.05) is 26.2 Å². The third kappa shape index (κ3) is 5.52. The van der Waals surface area contributed by atoms with E-state index in [0.717, 1.165) is 57.4 Å². The Kier molecular flexibility index (Phi) is 6.59. The molecular weight excluding hydrogens is 388 g/mol. The first-order valence-corrected chi connectivity index (χ1v) is 11.0. The van der Waals surface area contributed by atoms with Gasteiger partial charge in [-0.2, -0.15) is 0 Å². The number of benzene rings is 1. The standard InChI is InChI=1S/C23H33ClN2O3/c1-22(2,3)29-21(28)25-15-11-23(4,12-16-25)26-13-9-18(10-14-26)20(27)17-5-7-19(24)8-6-17/h5-8,18H,9-16H2,1-4H3. The van der Waals surface area contributed by atoms with Crippen LogP contribution in [0.1, 0.15) is 63.7 Å². The Hall–Kier alpha value is -1.59. The molecule has 0 spiro atoms. The van der Waals surface area contributed by atoms with E-state index < -0.39 is 5.60 Å². The van der Waals surface area contributed by atoms with Crippen molar-refractivity contribution in [3.8, 4) is 0 Å². The summed E-state index contributed by atoms with van der Waals surface area (Å²) in [6.45, 7) is 11.3. The second kappa shape index (κ2) is 8.65. The Balaban J connectivity index is 1.51. The average molecular weight is 421 g/mol. The summed E-state index contributed by atoms with van der Waals surface area (Å²) in [5.41, 5.74) is 0.369. The van der Waals surface area contributed by atoms with Crippen LogP contribution in [0.4, 0.5) is 4.79 Å². The number of piperidine rings is 2. The fourth-order valence-corrected chi connectivity index (χ4v) is 4.47. The maximum Gasteiger partial charge on any atom is 0.410 e. The molecule has 160 valence electrons. The number of amides is 1. The second-order valence-corrected chi connectivity index (χ2v) is 10.0. The molecule has 1 aromatic carbocycles. The van der Waals surface area contributed by atoms with Crippen LogP contribution in [0.25, 0.3) is 0 Å².